The Bertz CT molecular complexity index is 239. The van der Waals surface area contributed by atoms with Crippen molar-refractivity contribution >= 4 is 12.2 Å². The molecule has 0 aliphatic heterocycles. The Balaban J connectivity index is 2.70. The summed E-state index contributed by atoms with van der Waals surface area (Å²) >= 11 is 0. The summed E-state index contributed by atoms with van der Waals surface area (Å²) < 4.78 is 0. The van der Waals surface area contributed by atoms with Crippen LogP contribution in [0.15, 0.2) is 9.98 Å². The van der Waals surface area contributed by atoms with Gasteiger partial charge in [-0.1, -0.05) is 0 Å². The lowest BCUT2D eigenvalue weighted by Gasteiger charge is -2.28. The lowest BCUT2D eigenvalue weighted by atomic mass is 9.82. The minimum atomic E-state index is -0.350. The van der Waals surface area contributed by atoms with Crippen LogP contribution < -0.4 is 0 Å². The zero-order valence-electron chi connectivity index (χ0n) is 7.14. The molecule has 2 atom stereocenters. The first-order valence-electron chi connectivity index (χ1n) is 4.19. The van der Waals surface area contributed by atoms with E-state index in [-0.39, 0.29) is 18.0 Å². The number of hydrogen-bond acceptors (Lipinski definition) is 4. The molecule has 4 nitrogen and oxygen atoms in total. The van der Waals surface area contributed by atoms with Crippen LogP contribution in [0.3, 0.4) is 0 Å². The Morgan fingerprint density at radius 2 is 1.54 bits per heavy atom. The highest BCUT2D eigenvalue weighted by Crippen LogP contribution is 2.28. The zero-order valence-corrected chi connectivity index (χ0v) is 7.14. The Hall–Kier alpha value is -1.24. The number of nitrogens with zero attached hydrogens (tertiary/aromatic N) is 2. The second kappa shape index (κ2) is 4.70. The van der Waals surface area contributed by atoms with E-state index in [1.54, 1.807) is 0 Å². The average Bonchev–Trinajstić information content (AvgIpc) is 2.13. The number of hydrogen-bond donors (Lipinski definition) is 0. The number of isocyanates is 2. The monoisotopic (exact) mass is 178 g/mol. The molecule has 68 valence electrons. The first-order chi connectivity index (χ1) is 6.29. The van der Waals surface area contributed by atoms with Gasteiger partial charge < -0.3 is 0 Å². The van der Waals surface area contributed by atoms with Crippen molar-refractivity contribution in [3.05, 3.63) is 6.92 Å². The van der Waals surface area contributed by atoms with Gasteiger partial charge in [-0.05, 0) is 26.2 Å². The average molecular weight is 178 g/mol. The van der Waals surface area contributed by atoms with Crippen LogP contribution in [-0.4, -0.2) is 24.2 Å². The van der Waals surface area contributed by atoms with Crippen LogP contribution in [-0.2, 0) is 9.59 Å². The number of rotatable bonds is 2. The van der Waals surface area contributed by atoms with E-state index in [1.165, 1.54) is 12.2 Å². The van der Waals surface area contributed by atoms with Crippen LogP contribution in [0.4, 0.5) is 0 Å². The molecule has 4 heteroatoms. The highest BCUT2D eigenvalue weighted by Gasteiger charge is 2.29. The van der Waals surface area contributed by atoms with Crippen molar-refractivity contribution in [2.24, 2.45) is 15.9 Å². The molecule has 1 aliphatic carbocycles. The van der Waals surface area contributed by atoms with Crippen molar-refractivity contribution in [1.29, 1.82) is 0 Å². The maximum atomic E-state index is 10.0. The van der Waals surface area contributed by atoms with E-state index in [4.69, 9.17) is 6.92 Å². The SMILES string of the molecule is [CH]C1C(N=C=O)CCCC1N=C=O. The third-order valence-electron chi connectivity index (χ3n) is 2.33. The van der Waals surface area contributed by atoms with Gasteiger partial charge >= 0.3 is 0 Å². The van der Waals surface area contributed by atoms with E-state index in [0.29, 0.717) is 0 Å². The highest BCUT2D eigenvalue weighted by molar-refractivity contribution is 5.35. The summed E-state index contributed by atoms with van der Waals surface area (Å²) in [6, 6.07) is -0.485. The third kappa shape index (κ3) is 2.35. The maximum Gasteiger partial charge on any atom is 0.235 e. The van der Waals surface area contributed by atoms with Gasteiger partial charge in [0.2, 0.25) is 12.2 Å². The highest BCUT2D eigenvalue weighted by atomic mass is 16.1. The fourth-order valence-corrected chi connectivity index (χ4v) is 1.61. The first-order valence-corrected chi connectivity index (χ1v) is 4.19. The van der Waals surface area contributed by atoms with Gasteiger partial charge in [-0.25, -0.2) is 19.6 Å². The maximum absolute atomic E-state index is 10.0. The summed E-state index contributed by atoms with van der Waals surface area (Å²) in [6.45, 7) is 5.75. The van der Waals surface area contributed by atoms with Crippen LogP contribution in [0.5, 0.6) is 0 Å². The molecule has 2 radical (unpaired) electrons. The minimum absolute atomic E-state index is 0.242. The molecule has 0 spiro atoms. The van der Waals surface area contributed by atoms with E-state index in [2.05, 4.69) is 9.98 Å². The van der Waals surface area contributed by atoms with Crippen LogP contribution in [0, 0.1) is 12.8 Å². The van der Waals surface area contributed by atoms with Crippen molar-refractivity contribution < 1.29 is 9.59 Å². The van der Waals surface area contributed by atoms with Crippen molar-refractivity contribution in [3.8, 4) is 0 Å². The van der Waals surface area contributed by atoms with E-state index < -0.39 is 0 Å². The standard InChI is InChI=1S/C9H10N2O2/c1-7-8(10-5-12)3-2-4-9(7)11-6-13/h1,7-9H,2-4H2. The molecule has 1 fully saturated rings. The molecular formula is C9H10N2O2. The van der Waals surface area contributed by atoms with Crippen molar-refractivity contribution in [3.63, 3.8) is 0 Å². The normalized spacial score (nSPS) is 32.8. The predicted molar refractivity (Wildman–Crippen MR) is 45.5 cm³/mol. The van der Waals surface area contributed by atoms with Crippen molar-refractivity contribution in [2.75, 3.05) is 0 Å². The fraction of sp³-hybridized carbons (Fsp3) is 0.667. The molecule has 0 heterocycles. The molecule has 1 rings (SSSR count). The summed E-state index contributed by atoms with van der Waals surface area (Å²) in [4.78, 5) is 27.2. The van der Waals surface area contributed by atoms with Crippen LogP contribution in [0.25, 0.3) is 0 Å². The molecule has 2 unspecified atom stereocenters. The predicted octanol–water partition coefficient (Wildman–Crippen LogP) is 0.906. The quantitative estimate of drug-likeness (QED) is 0.466. The van der Waals surface area contributed by atoms with Gasteiger partial charge in [0.25, 0.3) is 0 Å². The fourth-order valence-electron chi connectivity index (χ4n) is 1.61. The molecule has 0 N–H and O–H groups in total. The second-order valence-electron chi connectivity index (χ2n) is 3.08. The molecule has 0 aromatic carbocycles. The largest absolute Gasteiger partial charge is 0.235 e. The molecule has 0 aromatic heterocycles. The summed E-state index contributed by atoms with van der Waals surface area (Å²) in [7, 11) is 0. The van der Waals surface area contributed by atoms with E-state index in [1.807, 2.05) is 0 Å². The molecule has 0 saturated heterocycles. The van der Waals surface area contributed by atoms with Gasteiger partial charge in [0, 0.05) is 5.92 Å². The topological polar surface area (TPSA) is 58.9 Å². The van der Waals surface area contributed by atoms with E-state index >= 15 is 0 Å². The summed E-state index contributed by atoms with van der Waals surface area (Å²) in [5.41, 5.74) is 0. The number of carbonyl (C=O) groups excluding carboxylic acids is 2. The molecule has 1 saturated carbocycles. The lowest BCUT2D eigenvalue weighted by molar-refractivity contribution is 0.315. The van der Waals surface area contributed by atoms with Gasteiger partial charge in [0.05, 0.1) is 12.1 Å². The lowest BCUT2D eigenvalue weighted by Crippen LogP contribution is -2.31. The van der Waals surface area contributed by atoms with Crippen LogP contribution >= 0.6 is 0 Å². The van der Waals surface area contributed by atoms with E-state index in [0.717, 1.165) is 19.3 Å². The smallest absolute Gasteiger partial charge is 0.211 e. The second-order valence-corrected chi connectivity index (χ2v) is 3.08. The summed E-state index contributed by atoms with van der Waals surface area (Å²) in [5, 5.41) is 0. The molecule has 1 aliphatic rings. The summed E-state index contributed by atoms with van der Waals surface area (Å²) in [6.07, 6.45) is 5.38. The Morgan fingerprint density at radius 3 is 1.92 bits per heavy atom. The molecule has 0 amide bonds. The van der Waals surface area contributed by atoms with Crippen molar-refractivity contribution in [1.82, 2.24) is 0 Å². The van der Waals surface area contributed by atoms with Gasteiger partial charge in [0.1, 0.15) is 0 Å². The third-order valence-corrected chi connectivity index (χ3v) is 2.33. The summed E-state index contributed by atoms with van der Waals surface area (Å²) in [5.74, 6) is -0.350. The first kappa shape index (κ1) is 9.85. The minimum Gasteiger partial charge on any atom is -0.211 e. The van der Waals surface area contributed by atoms with Crippen LogP contribution in [0.1, 0.15) is 19.3 Å². The van der Waals surface area contributed by atoms with Gasteiger partial charge in [-0.3, -0.25) is 0 Å². The number of aliphatic imine (C=N–C) groups is 2. The van der Waals surface area contributed by atoms with Crippen LogP contribution in [0.2, 0.25) is 0 Å². The van der Waals surface area contributed by atoms with E-state index in [9.17, 15) is 9.59 Å². The molecule has 0 aromatic rings. The Labute approximate surface area is 76.8 Å². The van der Waals surface area contributed by atoms with Gasteiger partial charge in [-0.15, -0.1) is 0 Å². The molecule has 0 bridgehead atoms. The van der Waals surface area contributed by atoms with Crippen molar-refractivity contribution in [2.45, 2.75) is 31.3 Å². The zero-order chi connectivity index (χ0) is 9.68. The van der Waals surface area contributed by atoms with Gasteiger partial charge in [-0.2, -0.15) is 0 Å². The Kier molecular flexibility index (Phi) is 3.56. The Morgan fingerprint density at radius 1 is 1.08 bits per heavy atom. The van der Waals surface area contributed by atoms with Gasteiger partial charge in [0.15, 0.2) is 0 Å². The molecular weight excluding hydrogens is 168 g/mol. The molecule has 13 heavy (non-hydrogen) atoms.